The zero-order valence-electron chi connectivity index (χ0n) is 6.01. The van der Waals surface area contributed by atoms with Gasteiger partial charge in [-0.3, -0.25) is 0 Å². The van der Waals surface area contributed by atoms with Crippen LogP contribution in [-0.4, -0.2) is 10.1 Å². The smallest absolute Gasteiger partial charge is 0.135 e. The molecular formula is C7H9NOS. The summed E-state index contributed by atoms with van der Waals surface area (Å²) in [7, 11) is 0. The van der Waals surface area contributed by atoms with Gasteiger partial charge in [0.05, 0.1) is 5.01 Å². The molecule has 0 amide bonds. The minimum atomic E-state index is 0.0573. The lowest BCUT2D eigenvalue weighted by atomic mass is 10.3. The van der Waals surface area contributed by atoms with Crippen molar-refractivity contribution < 1.29 is 5.11 Å². The first-order valence-electron chi connectivity index (χ1n) is 2.93. The van der Waals surface area contributed by atoms with Crippen molar-refractivity contribution in [3.05, 3.63) is 22.2 Å². The molecule has 0 saturated heterocycles. The summed E-state index contributed by atoms with van der Waals surface area (Å²) >= 11 is 1.57. The van der Waals surface area contributed by atoms with Crippen LogP contribution in [0.5, 0.6) is 0 Å². The Kier molecular flexibility index (Phi) is 1.76. The highest BCUT2D eigenvalue weighted by molar-refractivity contribution is 7.11. The van der Waals surface area contributed by atoms with Crippen molar-refractivity contribution >= 4 is 17.1 Å². The number of nitrogens with zero attached hydrogens (tertiary/aromatic N) is 1. The molecular weight excluding hydrogens is 146 g/mol. The second kappa shape index (κ2) is 2.42. The van der Waals surface area contributed by atoms with Crippen molar-refractivity contribution in [2.45, 2.75) is 13.8 Å². The van der Waals surface area contributed by atoms with Gasteiger partial charge in [-0.1, -0.05) is 6.58 Å². The summed E-state index contributed by atoms with van der Waals surface area (Å²) in [5, 5.41) is 9.93. The van der Waals surface area contributed by atoms with Gasteiger partial charge in [0.1, 0.15) is 11.5 Å². The SMILES string of the molecule is C=C(O)c1nc(C)sc1C. The van der Waals surface area contributed by atoms with E-state index in [1.54, 1.807) is 11.3 Å². The molecule has 1 heterocycles. The molecule has 0 spiro atoms. The monoisotopic (exact) mass is 155 g/mol. The summed E-state index contributed by atoms with van der Waals surface area (Å²) in [6.07, 6.45) is 0. The van der Waals surface area contributed by atoms with E-state index >= 15 is 0 Å². The van der Waals surface area contributed by atoms with E-state index in [-0.39, 0.29) is 5.76 Å². The molecule has 1 rings (SSSR count). The van der Waals surface area contributed by atoms with Crippen LogP contribution < -0.4 is 0 Å². The topological polar surface area (TPSA) is 33.1 Å². The molecule has 0 saturated carbocycles. The number of aliphatic hydroxyl groups is 1. The van der Waals surface area contributed by atoms with Gasteiger partial charge in [-0.2, -0.15) is 0 Å². The van der Waals surface area contributed by atoms with Gasteiger partial charge in [0, 0.05) is 4.88 Å². The van der Waals surface area contributed by atoms with Crippen molar-refractivity contribution in [2.24, 2.45) is 0 Å². The summed E-state index contributed by atoms with van der Waals surface area (Å²) in [4.78, 5) is 5.10. The Morgan fingerprint density at radius 2 is 2.20 bits per heavy atom. The van der Waals surface area contributed by atoms with Gasteiger partial charge < -0.3 is 5.11 Å². The molecule has 1 N–H and O–H groups in total. The molecule has 0 fully saturated rings. The molecule has 0 radical (unpaired) electrons. The number of hydrogen-bond acceptors (Lipinski definition) is 3. The van der Waals surface area contributed by atoms with E-state index in [0.717, 1.165) is 9.88 Å². The number of rotatable bonds is 1. The molecule has 0 aromatic carbocycles. The van der Waals surface area contributed by atoms with E-state index in [9.17, 15) is 0 Å². The molecule has 0 bridgehead atoms. The maximum absolute atomic E-state index is 8.97. The Labute approximate surface area is 63.9 Å². The molecule has 0 atom stereocenters. The lowest BCUT2D eigenvalue weighted by Crippen LogP contribution is -1.82. The van der Waals surface area contributed by atoms with Gasteiger partial charge in [-0.05, 0) is 13.8 Å². The van der Waals surface area contributed by atoms with Crippen LogP contribution in [0.1, 0.15) is 15.6 Å². The molecule has 10 heavy (non-hydrogen) atoms. The van der Waals surface area contributed by atoms with Crippen molar-refractivity contribution in [1.82, 2.24) is 4.98 Å². The molecule has 2 nitrogen and oxygen atoms in total. The highest BCUT2D eigenvalue weighted by Crippen LogP contribution is 2.20. The van der Waals surface area contributed by atoms with E-state index in [2.05, 4.69) is 11.6 Å². The van der Waals surface area contributed by atoms with Crippen molar-refractivity contribution in [3.63, 3.8) is 0 Å². The molecule has 3 heteroatoms. The summed E-state index contributed by atoms with van der Waals surface area (Å²) in [5.74, 6) is 0.0573. The predicted octanol–water partition coefficient (Wildman–Crippen LogP) is 2.29. The molecule has 54 valence electrons. The second-order valence-corrected chi connectivity index (χ2v) is 3.49. The fourth-order valence-corrected chi connectivity index (χ4v) is 1.64. The number of aliphatic hydroxyl groups excluding tert-OH is 1. The van der Waals surface area contributed by atoms with Gasteiger partial charge in [0.2, 0.25) is 0 Å². The molecule has 0 aliphatic heterocycles. The summed E-state index contributed by atoms with van der Waals surface area (Å²) < 4.78 is 0. The first kappa shape index (κ1) is 7.28. The Bertz CT molecular complexity index is 265. The lowest BCUT2D eigenvalue weighted by Gasteiger charge is -1.90. The lowest BCUT2D eigenvalue weighted by molar-refractivity contribution is 0.510. The zero-order chi connectivity index (χ0) is 7.72. The van der Waals surface area contributed by atoms with Crippen LogP contribution in [0, 0.1) is 13.8 Å². The van der Waals surface area contributed by atoms with Crippen LogP contribution in [0.3, 0.4) is 0 Å². The van der Waals surface area contributed by atoms with Crippen molar-refractivity contribution in [1.29, 1.82) is 0 Å². The Balaban J connectivity index is 3.15. The molecule has 1 aromatic rings. The Hall–Kier alpha value is -0.830. The summed E-state index contributed by atoms with van der Waals surface area (Å²) in [6, 6.07) is 0. The minimum absolute atomic E-state index is 0.0573. The van der Waals surface area contributed by atoms with E-state index < -0.39 is 0 Å². The summed E-state index contributed by atoms with van der Waals surface area (Å²) in [6.45, 7) is 7.22. The number of aryl methyl sites for hydroxylation is 2. The molecule has 0 aliphatic carbocycles. The molecule has 0 aliphatic rings. The quantitative estimate of drug-likeness (QED) is 0.631. The van der Waals surface area contributed by atoms with Crippen LogP contribution >= 0.6 is 11.3 Å². The maximum Gasteiger partial charge on any atom is 0.135 e. The normalized spacial score (nSPS) is 9.80. The van der Waals surface area contributed by atoms with Crippen LogP contribution in [-0.2, 0) is 0 Å². The fourth-order valence-electron chi connectivity index (χ4n) is 0.797. The highest BCUT2D eigenvalue weighted by atomic mass is 32.1. The largest absolute Gasteiger partial charge is 0.506 e. The Morgan fingerprint density at radius 1 is 1.60 bits per heavy atom. The van der Waals surface area contributed by atoms with Crippen LogP contribution in [0.25, 0.3) is 5.76 Å². The van der Waals surface area contributed by atoms with Gasteiger partial charge in [-0.25, -0.2) is 4.98 Å². The zero-order valence-corrected chi connectivity index (χ0v) is 6.83. The van der Waals surface area contributed by atoms with E-state index in [4.69, 9.17) is 5.11 Å². The van der Waals surface area contributed by atoms with Crippen molar-refractivity contribution in [3.8, 4) is 0 Å². The van der Waals surface area contributed by atoms with E-state index in [1.807, 2.05) is 13.8 Å². The van der Waals surface area contributed by atoms with Gasteiger partial charge in [-0.15, -0.1) is 11.3 Å². The third kappa shape index (κ3) is 1.19. The molecule has 0 unspecified atom stereocenters. The average molecular weight is 155 g/mol. The van der Waals surface area contributed by atoms with E-state index in [1.165, 1.54) is 0 Å². The number of aromatic nitrogens is 1. The number of hydrogen-bond donors (Lipinski definition) is 1. The minimum Gasteiger partial charge on any atom is -0.506 e. The van der Waals surface area contributed by atoms with Gasteiger partial charge in [0.25, 0.3) is 0 Å². The van der Waals surface area contributed by atoms with Crippen LogP contribution in [0.2, 0.25) is 0 Å². The van der Waals surface area contributed by atoms with Gasteiger partial charge >= 0.3 is 0 Å². The average Bonchev–Trinajstić information content (AvgIpc) is 2.10. The second-order valence-electron chi connectivity index (χ2n) is 2.08. The highest BCUT2D eigenvalue weighted by Gasteiger charge is 2.05. The maximum atomic E-state index is 8.97. The summed E-state index contributed by atoms with van der Waals surface area (Å²) in [5.41, 5.74) is 0.627. The van der Waals surface area contributed by atoms with Crippen molar-refractivity contribution in [2.75, 3.05) is 0 Å². The molecule has 1 aromatic heterocycles. The predicted molar refractivity (Wildman–Crippen MR) is 43.3 cm³/mol. The standard InChI is InChI=1S/C7H9NOS/c1-4(9)7-5(2)10-6(3)8-7/h9H,1H2,2-3H3. The van der Waals surface area contributed by atoms with E-state index in [0.29, 0.717) is 5.69 Å². The third-order valence-electron chi connectivity index (χ3n) is 1.18. The van der Waals surface area contributed by atoms with Crippen LogP contribution in [0.4, 0.5) is 0 Å². The first-order chi connectivity index (χ1) is 4.61. The van der Waals surface area contributed by atoms with Gasteiger partial charge in [0.15, 0.2) is 0 Å². The number of thiazole rings is 1. The fraction of sp³-hybridized carbons (Fsp3) is 0.286. The first-order valence-corrected chi connectivity index (χ1v) is 3.75. The van der Waals surface area contributed by atoms with Crippen LogP contribution in [0.15, 0.2) is 6.58 Å². The Morgan fingerprint density at radius 3 is 2.40 bits per heavy atom. The third-order valence-corrected chi connectivity index (χ3v) is 2.06.